The van der Waals surface area contributed by atoms with E-state index < -0.39 is 0 Å². The minimum absolute atomic E-state index is 0.297. The zero-order valence-corrected chi connectivity index (χ0v) is 13.7. The highest BCUT2D eigenvalue weighted by Crippen LogP contribution is 2.22. The Labute approximate surface area is 140 Å². The normalized spacial score (nSPS) is 17.0. The van der Waals surface area contributed by atoms with Gasteiger partial charge in [0.1, 0.15) is 11.6 Å². The van der Waals surface area contributed by atoms with Crippen LogP contribution in [0.4, 0.5) is 0 Å². The zero-order valence-electron chi connectivity index (χ0n) is 13.7. The molecule has 4 rings (SSSR count). The first-order chi connectivity index (χ1) is 11.7. The Bertz CT molecular complexity index is 837. The van der Waals surface area contributed by atoms with E-state index in [1.54, 1.807) is 16.9 Å². The Morgan fingerprint density at radius 2 is 2.29 bits per heavy atom. The van der Waals surface area contributed by atoms with Crippen LogP contribution in [0.25, 0.3) is 5.69 Å². The van der Waals surface area contributed by atoms with Crippen molar-refractivity contribution in [3.63, 3.8) is 0 Å². The number of phenols is 1. The summed E-state index contributed by atoms with van der Waals surface area (Å²) in [6.45, 7) is 3.62. The highest BCUT2D eigenvalue weighted by molar-refractivity contribution is 5.43. The Morgan fingerprint density at radius 3 is 3.08 bits per heavy atom. The van der Waals surface area contributed by atoms with E-state index in [-0.39, 0.29) is 0 Å². The lowest BCUT2D eigenvalue weighted by Crippen LogP contribution is -2.36. The second kappa shape index (κ2) is 6.13. The summed E-state index contributed by atoms with van der Waals surface area (Å²) in [5, 5.41) is 18.0. The summed E-state index contributed by atoms with van der Waals surface area (Å²) in [5.41, 5.74) is 2.84. The van der Waals surface area contributed by atoms with Gasteiger partial charge in [-0.1, -0.05) is 6.07 Å². The van der Waals surface area contributed by atoms with Gasteiger partial charge in [0, 0.05) is 55.8 Å². The van der Waals surface area contributed by atoms with Crippen LogP contribution in [0, 0.1) is 6.92 Å². The van der Waals surface area contributed by atoms with Gasteiger partial charge < -0.3 is 15.0 Å². The zero-order chi connectivity index (χ0) is 16.5. The number of fused-ring (bicyclic) bond motifs is 1. The summed E-state index contributed by atoms with van der Waals surface area (Å²) in [7, 11) is 0. The maximum absolute atomic E-state index is 10.3. The molecule has 0 spiro atoms. The highest BCUT2D eigenvalue weighted by atomic mass is 16.3. The van der Waals surface area contributed by atoms with Gasteiger partial charge in [0.2, 0.25) is 0 Å². The van der Waals surface area contributed by atoms with Crippen LogP contribution in [0.2, 0.25) is 0 Å². The predicted octanol–water partition coefficient (Wildman–Crippen LogP) is 2.19. The third-order valence-electron chi connectivity index (χ3n) is 4.53. The summed E-state index contributed by atoms with van der Waals surface area (Å²) >= 11 is 0. The molecule has 124 valence electrons. The topological polar surface area (TPSA) is 67.9 Å². The van der Waals surface area contributed by atoms with Gasteiger partial charge in [0.25, 0.3) is 0 Å². The molecule has 2 N–H and O–H groups in total. The van der Waals surface area contributed by atoms with Crippen molar-refractivity contribution in [3.8, 4) is 11.4 Å². The highest BCUT2D eigenvalue weighted by Gasteiger charge is 2.19. The minimum Gasteiger partial charge on any atom is -0.508 e. The van der Waals surface area contributed by atoms with Crippen molar-refractivity contribution in [1.82, 2.24) is 24.6 Å². The van der Waals surface area contributed by atoms with Crippen LogP contribution in [0.3, 0.4) is 0 Å². The molecule has 24 heavy (non-hydrogen) atoms. The Kier molecular flexibility index (Phi) is 3.82. The van der Waals surface area contributed by atoms with Gasteiger partial charge in [-0.05, 0) is 25.5 Å². The maximum atomic E-state index is 10.3. The number of imidazole rings is 1. The van der Waals surface area contributed by atoms with Gasteiger partial charge in [-0.3, -0.25) is 0 Å². The molecular weight excluding hydrogens is 302 g/mol. The minimum atomic E-state index is 0.297. The molecular formula is C18H21N5O. The van der Waals surface area contributed by atoms with Crippen molar-refractivity contribution < 1.29 is 5.11 Å². The number of hydrogen-bond acceptors (Lipinski definition) is 4. The fraction of sp³-hybridized carbons (Fsp3) is 0.333. The molecule has 6 nitrogen and oxygen atoms in total. The van der Waals surface area contributed by atoms with Gasteiger partial charge in [-0.2, -0.15) is 5.10 Å². The third-order valence-corrected chi connectivity index (χ3v) is 4.53. The lowest BCUT2D eigenvalue weighted by atomic mass is 10.1. The molecule has 3 heterocycles. The number of aromatic hydroxyl groups is 1. The van der Waals surface area contributed by atoms with Gasteiger partial charge in [0.05, 0.1) is 11.4 Å². The first-order valence-electron chi connectivity index (χ1n) is 8.27. The molecule has 1 unspecified atom stereocenters. The molecule has 0 saturated heterocycles. The molecule has 2 aromatic heterocycles. The second-order valence-electron chi connectivity index (χ2n) is 6.33. The molecule has 0 fully saturated rings. The van der Waals surface area contributed by atoms with Gasteiger partial charge in [0.15, 0.2) is 0 Å². The van der Waals surface area contributed by atoms with E-state index in [1.165, 1.54) is 5.82 Å². The average molecular weight is 323 g/mol. The molecule has 3 aromatic rings. The summed E-state index contributed by atoms with van der Waals surface area (Å²) < 4.78 is 3.97. The number of aromatic nitrogens is 4. The van der Waals surface area contributed by atoms with E-state index in [9.17, 15) is 5.11 Å². The number of rotatable bonds is 4. The first-order valence-corrected chi connectivity index (χ1v) is 8.27. The fourth-order valence-electron chi connectivity index (χ4n) is 3.27. The maximum Gasteiger partial charge on any atom is 0.122 e. The Morgan fingerprint density at radius 1 is 1.38 bits per heavy atom. The lowest BCUT2D eigenvalue weighted by Gasteiger charge is -2.25. The number of phenolic OH excluding ortho intramolecular Hbond substituents is 1. The van der Waals surface area contributed by atoms with Crippen molar-refractivity contribution in [2.24, 2.45) is 0 Å². The van der Waals surface area contributed by atoms with Crippen LogP contribution < -0.4 is 5.32 Å². The number of nitrogens with one attached hydrogen (secondary N) is 1. The van der Waals surface area contributed by atoms with E-state index in [1.807, 2.05) is 31.3 Å². The number of hydrogen-bond donors (Lipinski definition) is 2. The molecule has 1 aliphatic heterocycles. The van der Waals surface area contributed by atoms with Gasteiger partial charge in [-0.25, -0.2) is 9.67 Å². The van der Waals surface area contributed by atoms with Crippen LogP contribution in [0.1, 0.15) is 23.5 Å². The molecule has 0 radical (unpaired) electrons. The quantitative estimate of drug-likeness (QED) is 0.772. The smallest absolute Gasteiger partial charge is 0.122 e. The third kappa shape index (κ3) is 2.92. The number of aryl methyl sites for hydroxylation is 2. The van der Waals surface area contributed by atoms with Gasteiger partial charge in [-0.15, -0.1) is 0 Å². The van der Waals surface area contributed by atoms with Crippen LogP contribution in [0.5, 0.6) is 5.75 Å². The molecule has 0 bridgehead atoms. The molecule has 1 aromatic carbocycles. The SMILES string of the molecule is Cc1cn2c(n1)CCC(NCc1ccc(-n3cccn3)cc1O)C2. The van der Waals surface area contributed by atoms with Crippen LogP contribution in [-0.2, 0) is 19.5 Å². The molecule has 1 atom stereocenters. The van der Waals surface area contributed by atoms with Crippen LogP contribution in [0.15, 0.2) is 42.9 Å². The van der Waals surface area contributed by atoms with E-state index in [0.29, 0.717) is 18.3 Å². The summed E-state index contributed by atoms with van der Waals surface area (Å²) in [6, 6.07) is 7.94. The average Bonchev–Trinajstić information content (AvgIpc) is 3.21. The molecule has 1 aliphatic rings. The summed E-state index contributed by atoms with van der Waals surface area (Å²) in [4.78, 5) is 4.54. The number of benzene rings is 1. The standard InChI is InChI=1S/C18H21N5O/c1-13-11-22-12-15(4-6-18(22)21-13)19-10-14-3-5-16(9-17(14)24)23-8-2-7-20-23/h2-3,5,7-9,11,15,19,24H,4,6,10,12H2,1H3. The molecule has 0 saturated carbocycles. The molecule has 0 amide bonds. The van der Waals surface area contributed by atoms with E-state index in [0.717, 1.165) is 36.3 Å². The van der Waals surface area contributed by atoms with E-state index in [4.69, 9.17) is 0 Å². The summed E-state index contributed by atoms with van der Waals surface area (Å²) in [5.74, 6) is 1.47. The largest absolute Gasteiger partial charge is 0.508 e. The van der Waals surface area contributed by atoms with Crippen LogP contribution in [-0.4, -0.2) is 30.5 Å². The van der Waals surface area contributed by atoms with Crippen LogP contribution >= 0.6 is 0 Å². The second-order valence-corrected chi connectivity index (χ2v) is 6.33. The van der Waals surface area contributed by atoms with Crippen molar-refractivity contribution in [1.29, 1.82) is 0 Å². The first kappa shape index (κ1) is 15.0. The van der Waals surface area contributed by atoms with Crippen molar-refractivity contribution in [3.05, 3.63) is 59.9 Å². The number of nitrogens with zero attached hydrogens (tertiary/aromatic N) is 4. The van der Waals surface area contributed by atoms with Crippen molar-refractivity contribution >= 4 is 0 Å². The summed E-state index contributed by atoms with van der Waals surface area (Å²) in [6.07, 6.45) is 7.76. The molecule has 0 aliphatic carbocycles. The van der Waals surface area contributed by atoms with E-state index in [2.05, 4.69) is 26.2 Å². The fourth-order valence-corrected chi connectivity index (χ4v) is 3.27. The Hall–Kier alpha value is -2.60. The monoisotopic (exact) mass is 323 g/mol. The molecule has 6 heteroatoms. The predicted molar refractivity (Wildman–Crippen MR) is 91.1 cm³/mol. The van der Waals surface area contributed by atoms with Crippen molar-refractivity contribution in [2.45, 2.75) is 38.9 Å². The van der Waals surface area contributed by atoms with Crippen molar-refractivity contribution in [2.75, 3.05) is 0 Å². The Balaban J connectivity index is 1.41. The lowest BCUT2D eigenvalue weighted by molar-refractivity contribution is 0.375. The van der Waals surface area contributed by atoms with Gasteiger partial charge >= 0.3 is 0 Å². The van der Waals surface area contributed by atoms with E-state index >= 15 is 0 Å².